The van der Waals surface area contributed by atoms with Crippen molar-refractivity contribution in [1.29, 1.82) is 0 Å². The van der Waals surface area contributed by atoms with Gasteiger partial charge in [-0.1, -0.05) is 12.8 Å². The Morgan fingerprint density at radius 1 is 1.04 bits per heavy atom. The predicted octanol–water partition coefficient (Wildman–Crippen LogP) is 2.23. The quantitative estimate of drug-likeness (QED) is 0.638. The summed E-state index contributed by atoms with van der Waals surface area (Å²) in [5.41, 5.74) is 0.557. The number of rotatable bonds is 4. The molecule has 2 heterocycles. The van der Waals surface area contributed by atoms with Gasteiger partial charge < -0.3 is 15.1 Å². The summed E-state index contributed by atoms with van der Waals surface area (Å²) in [6.45, 7) is 7.77. The smallest absolute Gasteiger partial charge is 0.224 e. The Labute approximate surface area is 140 Å². The van der Waals surface area contributed by atoms with E-state index in [1.54, 1.807) is 0 Å². The second-order valence-corrected chi connectivity index (χ2v) is 7.45. The zero-order valence-corrected chi connectivity index (χ0v) is 14.6. The number of guanidine groups is 1. The van der Waals surface area contributed by atoms with Gasteiger partial charge in [0.2, 0.25) is 5.91 Å². The number of amides is 1. The Morgan fingerprint density at radius 3 is 2.48 bits per heavy atom. The van der Waals surface area contributed by atoms with Gasteiger partial charge in [0.15, 0.2) is 5.96 Å². The third-order valence-electron chi connectivity index (χ3n) is 5.78. The molecule has 2 saturated heterocycles. The molecule has 0 bridgehead atoms. The first-order valence-corrected chi connectivity index (χ1v) is 9.53. The maximum atomic E-state index is 12.1. The molecule has 1 amide bonds. The fourth-order valence-corrected chi connectivity index (χ4v) is 4.46. The molecular weight excluding hydrogens is 288 g/mol. The van der Waals surface area contributed by atoms with Crippen molar-refractivity contribution in [1.82, 2.24) is 15.1 Å². The summed E-state index contributed by atoms with van der Waals surface area (Å²) in [7, 11) is 0. The van der Waals surface area contributed by atoms with Crippen LogP contribution in [0.4, 0.5) is 0 Å². The summed E-state index contributed by atoms with van der Waals surface area (Å²) in [6.07, 6.45) is 9.74. The summed E-state index contributed by atoms with van der Waals surface area (Å²) in [5.74, 6) is 1.29. The lowest BCUT2D eigenvalue weighted by Crippen LogP contribution is -2.41. The van der Waals surface area contributed by atoms with Crippen molar-refractivity contribution in [2.24, 2.45) is 10.4 Å². The molecule has 23 heavy (non-hydrogen) atoms. The van der Waals surface area contributed by atoms with Crippen LogP contribution in [0.2, 0.25) is 0 Å². The molecule has 0 aromatic rings. The monoisotopic (exact) mass is 320 g/mol. The van der Waals surface area contributed by atoms with Gasteiger partial charge in [-0.3, -0.25) is 9.79 Å². The molecule has 1 N–H and O–H groups in total. The molecule has 0 aromatic carbocycles. The number of nitrogens with one attached hydrogen (secondary N) is 1. The van der Waals surface area contributed by atoms with E-state index in [1.807, 2.05) is 4.90 Å². The first-order valence-electron chi connectivity index (χ1n) is 9.53. The number of nitrogens with zero attached hydrogens (tertiary/aromatic N) is 3. The van der Waals surface area contributed by atoms with E-state index in [2.05, 4.69) is 17.1 Å². The Bertz CT molecular complexity index is 436. The highest BCUT2D eigenvalue weighted by molar-refractivity contribution is 5.81. The number of likely N-dealkylation sites (tertiary alicyclic amines) is 2. The van der Waals surface area contributed by atoms with Gasteiger partial charge in [0.05, 0.1) is 6.54 Å². The van der Waals surface area contributed by atoms with E-state index in [-0.39, 0.29) is 5.91 Å². The Morgan fingerprint density at radius 2 is 1.78 bits per heavy atom. The molecule has 130 valence electrons. The van der Waals surface area contributed by atoms with Gasteiger partial charge >= 0.3 is 0 Å². The van der Waals surface area contributed by atoms with Crippen LogP contribution in [0.5, 0.6) is 0 Å². The second-order valence-electron chi connectivity index (χ2n) is 7.45. The average Bonchev–Trinajstić information content (AvgIpc) is 3.29. The molecule has 0 atom stereocenters. The molecule has 1 saturated carbocycles. The van der Waals surface area contributed by atoms with Crippen molar-refractivity contribution < 1.29 is 4.79 Å². The number of hydrogen-bond donors (Lipinski definition) is 1. The van der Waals surface area contributed by atoms with Crippen LogP contribution in [0.15, 0.2) is 4.99 Å². The zero-order valence-electron chi connectivity index (χ0n) is 14.6. The highest BCUT2D eigenvalue weighted by Crippen LogP contribution is 2.45. The fraction of sp³-hybridized carbons (Fsp3) is 0.889. The van der Waals surface area contributed by atoms with Crippen molar-refractivity contribution in [3.8, 4) is 0 Å². The molecule has 2 aliphatic heterocycles. The van der Waals surface area contributed by atoms with Crippen LogP contribution in [-0.2, 0) is 4.79 Å². The normalized spacial score (nSPS) is 24.0. The lowest BCUT2D eigenvalue weighted by Gasteiger charge is -2.26. The zero-order chi connectivity index (χ0) is 16.1. The van der Waals surface area contributed by atoms with Crippen molar-refractivity contribution in [3.63, 3.8) is 0 Å². The molecule has 3 aliphatic rings. The molecule has 3 fully saturated rings. The van der Waals surface area contributed by atoms with Crippen LogP contribution < -0.4 is 5.32 Å². The molecule has 0 radical (unpaired) electrons. The third kappa shape index (κ3) is 3.99. The highest BCUT2D eigenvalue weighted by Gasteiger charge is 2.41. The lowest BCUT2D eigenvalue weighted by atomic mass is 9.86. The van der Waals surface area contributed by atoms with Crippen molar-refractivity contribution in [2.45, 2.75) is 58.3 Å². The van der Waals surface area contributed by atoms with Crippen molar-refractivity contribution in [3.05, 3.63) is 0 Å². The van der Waals surface area contributed by atoms with E-state index in [9.17, 15) is 4.79 Å². The number of carbonyl (C=O) groups is 1. The van der Waals surface area contributed by atoms with E-state index >= 15 is 0 Å². The number of aliphatic imine (C=N–C) groups is 1. The Balaban J connectivity index is 1.52. The molecule has 0 unspecified atom stereocenters. The van der Waals surface area contributed by atoms with Gasteiger partial charge in [-0.2, -0.15) is 0 Å². The van der Waals surface area contributed by atoms with Crippen LogP contribution in [-0.4, -0.2) is 60.9 Å². The van der Waals surface area contributed by atoms with Crippen LogP contribution in [0.25, 0.3) is 0 Å². The molecule has 5 heteroatoms. The minimum absolute atomic E-state index is 0.274. The minimum atomic E-state index is 0.274. The first-order chi connectivity index (χ1) is 11.2. The van der Waals surface area contributed by atoms with E-state index in [0.717, 1.165) is 51.5 Å². The molecule has 3 rings (SSSR count). The summed E-state index contributed by atoms with van der Waals surface area (Å²) < 4.78 is 0. The van der Waals surface area contributed by atoms with Gasteiger partial charge in [-0.25, -0.2) is 0 Å². The predicted molar refractivity (Wildman–Crippen MR) is 93.5 cm³/mol. The number of carbonyl (C=O) groups excluding carboxylic acids is 1. The second kappa shape index (κ2) is 7.54. The maximum Gasteiger partial charge on any atom is 0.224 e. The summed E-state index contributed by atoms with van der Waals surface area (Å²) in [4.78, 5) is 21.3. The Hall–Kier alpha value is -1.26. The van der Waals surface area contributed by atoms with E-state index in [4.69, 9.17) is 4.99 Å². The van der Waals surface area contributed by atoms with Gasteiger partial charge in [0.25, 0.3) is 0 Å². The van der Waals surface area contributed by atoms with E-state index < -0.39 is 0 Å². The molecule has 0 aromatic heterocycles. The van der Waals surface area contributed by atoms with Crippen LogP contribution in [0, 0.1) is 5.41 Å². The Kier molecular flexibility index (Phi) is 5.44. The third-order valence-corrected chi connectivity index (χ3v) is 5.78. The van der Waals surface area contributed by atoms with Gasteiger partial charge in [-0.15, -0.1) is 0 Å². The maximum absolute atomic E-state index is 12.1. The van der Waals surface area contributed by atoms with Crippen LogP contribution in [0.1, 0.15) is 58.3 Å². The highest BCUT2D eigenvalue weighted by atomic mass is 16.2. The first kappa shape index (κ1) is 16.6. The largest absolute Gasteiger partial charge is 0.357 e. The van der Waals surface area contributed by atoms with Crippen molar-refractivity contribution in [2.75, 3.05) is 39.3 Å². The van der Waals surface area contributed by atoms with Crippen molar-refractivity contribution >= 4 is 11.9 Å². The summed E-state index contributed by atoms with van der Waals surface area (Å²) in [6, 6.07) is 0. The summed E-state index contributed by atoms with van der Waals surface area (Å²) >= 11 is 0. The fourth-order valence-electron chi connectivity index (χ4n) is 4.46. The standard InChI is InChI=1S/C18H32N4O/c1-2-19-17(20-11-7-16(23)21-12-5-6-13-21)22-14-10-18(15-22)8-3-4-9-18/h2-15H2,1H3,(H,19,20). The molecule has 1 spiro atoms. The SMILES string of the molecule is CCNC(=NCCC(=O)N1CCCC1)N1CCC2(CCCC2)C1. The number of hydrogen-bond acceptors (Lipinski definition) is 2. The molecule has 1 aliphatic carbocycles. The van der Waals surface area contributed by atoms with Gasteiger partial charge in [0, 0.05) is 39.1 Å². The molecule has 5 nitrogen and oxygen atoms in total. The topological polar surface area (TPSA) is 47.9 Å². The van der Waals surface area contributed by atoms with Crippen LogP contribution >= 0.6 is 0 Å². The summed E-state index contributed by atoms with van der Waals surface area (Å²) in [5, 5.41) is 3.43. The molecular formula is C18H32N4O. The lowest BCUT2D eigenvalue weighted by molar-refractivity contribution is -0.129. The average molecular weight is 320 g/mol. The van der Waals surface area contributed by atoms with Gasteiger partial charge in [-0.05, 0) is 44.4 Å². The minimum Gasteiger partial charge on any atom is -0.357 e. The van der Waals surface area contributed by atoms with Crippen LogP contribution in [0.3, 0.4) is 0 Å². The van der Waals surface area contributed by atoms with E-state index in [0.29, 0.717) is 18.4 Å². The van der Waals surface area contributed by atoms with E-state index in [1.165, 1.54) is 32.1 Å². The van der Waals surface area contributed by atoms with Gasteiger partial charge in [0.1, 0.15) is 0 Å².